The van der Waals surface area contributed by atoms with Crippen LogP contribution in [0.1, 0.15) is 25.8 Å². The van der Waals surface area contributed by atoms with Gasteiger partial charge in [0.25, 0.3) is 0 Å². The Hall–Kier alpha value is -1.86. The molecule has 0 aliphatic carbocycles. The van der Waals surface area contributed by atoms with E-state index in [-0.39, 0.29) is 5.69 Å². The van der Waals surface area contributed by atoms with Crippen LogP contribution in [0.5, 0.6) is 0 Å². The van der Waals surface area contributed by atoms with Crippen molar-refractivity contribution in [1.82, 2.24) is 15.0 Å². The topological polar surface area (TPSA) is 49.2 Å². The van der Waals surface area contributed by atoms with Gasteiger partial charge in [-0.1, -0.05) is 11.3 Å². The SMILES string of the molecule is CCOC(OCC)c1cn(-c2c(F)cccc2F)nn1. The molecule has 5 nitrogen and oxygen atoms in total. The van der Waals surface area contributed by atoms with Crippen molar-refractivity contribution in [3.05, 3.63) is 41.7 Å². The minimum Gasteiger partial charge on any atom is -0.347 e. The molecule has 0 saturated carbocycles. The molecule has 0 bridgehead atoms. The summed E-state index contributed by atoms with van der Waals surface area (Å²) < 4.78 is 39.0. The second-order valence-electron chi connectivity index (χ2n) is 3.90. The van der Waals surface area contributed by atoms with Crippen LogP contribution in [-0.4, -0.2) is 28.2 Å². The second kappa shape index (κ2) is 6.53. The smallest absolute Gasteiger partial charge is 0.204 e. The molecule has 0 aliphatic rings. The molecule has 0 unspecified atom stereocenters. The van der Waals surface area contributed by atoms with Crippen LogP contribution in [0.25, 0.3) is 5.69 Å². The monoisotopic (exact) mass is 283 g/mol. The van der Waals surface area contributed by atoms with E-state index in [1.807, 2.05) is 13.8 Å². The van der Waals surface area contributed by atoms with Crippen molar-refractivity contribution in [3.63, 3.8) is 0 Å². The lowest BCUT2D eigenvalue weighted by Gasteiger charge is -2.13. The maximum Gasteiger partial charge on any atom is 0.204 e. The molecule has 2 aromatic rings. The van der Waals surface area contributed by atoms with Gasteiger partial charge in [0.2, 0.25) is 6.29 Å². The summed E-state index contributed by atoms with van der Waals surface area (Å²) in [6.45, 7) is 4.47. The number of hydrogen-bond acceptors (Lipinski definition) is 4. The number of aromatic nitrogens is 3. The quantitative estimate of drug-likeness (QED) is 0.765. The number of ether oxygens (including phenoxy) is 2. The van der Waals surface area contributed by atoms with E-state index in [0.29, 0.717) is 18.9 Å². The minimum absolute atomic E-state index is 0.280. The number of nitrogens with zero attached hydrogens (tertiary/aromatic N) is 3. The molecule has 1 heterocycles. The molecule has 0 spiro atoms. The molecule has 108 valence electrons. The molecule has 2 rings (SSSR count). The summed E-state index contributed by atoms with van der Waals surface area (Å²) in [6, 6.07) is 3.60. The number of para-hydroxylation sites is 1. The first-order valence-electron chi connectivity index (χ1n) is 6.27. The molecular formula is C13H15F2N3O2. The molecule has 0 amide bonds. The van der Waals surface area contributed by atoms with Crippen molar-refractivity contribution in [2.45, 2.75) is 20.1 Å². The summed E-state index contributed by atoms with van der Waals surface area (Å²) in [6.07, 6.45) is 0.686. The van der Waals surface area contributed by atoms with Gasteiger partial charge < -0.3 is 9.47 Å². The van der Waals surface area contributed by atoms with Gasteiger partial charge in [-0.2, -0.15) is 0 Å². The lowest BCUT2D eigenvalue weighted by Crippen LogP contribution is -2.09. The third-order valence-electron chi connectivity index (χ3n) is 2.56. The average Bonchev–Trinajstić information content (AvgIpc) is 2.87. The van der Waals surface area contributed by atoms with Crippen LogP contribution in [0.15, 0.2) is 24.4 Å². The van der Waals surface area contributed by atoms with Gasteiger partial charge in [0.05, 0.1) is 6.20 Å². The first-order valence-corrected chi connectivity index (χ1v) is 6.27. The summed E-state index contributed by atoms with van der Waals surface area (Å²) >= 11 is 0. The van der Waals surface area contributed by atoms with E-state index in [2.05, 4.69) is 10.3 Å². The van der Waals surface area contributed by atoms with Gasteiger partial charge in [-0.3, -0.25) is 0 Å². The lowest BCUT2D eigenvalue weighted by molar-refractivity contribution is -0.142. The Labute approximate surface area is 115 Å². The van der Waals surface area contributed by atoms with Gasteiger partial charge in [-0.15, -0.1) is 5.10 Å². The zero-order chi connectivity index (χ0) is 14.5. The largest absolute Gasteiger partial charge is 0.347 e. The van der Waals surface area contributed by atoms with Crippen molar-refractivity contribution < 1.29 is 18.3 Å². The van der Waals surface area contributed by atoms with Gasteiger partial charge >= 0.3 is 0 Å². The Bertz CT molecular complexity index is 548. The fourth-order valence-electron chi connectivity index (χ4n) is 1.72. The van der Waals surface area contributed by atoms with Crippen LogP contribution in [0.2, 0.25) is 0 Å². The van der Waals surface area contributed by atoms with Gasteiger partial charge in [0.15, 0.2) is 11.6 Å². The second-order valence-corrected chi connectivity index (χ2v) is 3.90. The zero-order valence-corrected chi connectivity index (χ0v) is 11.2. The highest BCUT2D eigenvalue weighted by atomic mass is 19.1. The average molecular weight is 283 g/mol. The van der Waals surface area contributed by atoms with Crippen molar-refractivity contribution in [1.29, 1.82) is 0 Å². The molecule has 7 heteroatoms. The van der Waals surface area contributed by atoms with E-state index in [9.17, 15) is 8.78 Å². The third-order valence-corrected chi connectivity index (χ3v) is 2.56. The summed E-state index contributed by atoms with van der Waals surface area (Å²) in [5.74, 6) is -1.43. The molecule has 0 fully saturated rings. The number of halogens is 2. The van der Waals surface area contributed by atoms with Crippen molar-refractivity contribution in [2.75, 3.05) is 13.2 Å². The highest BCUT2D eigenvalue weighted by Crippen LogP contribution is 2.20. The molecule has 0 radical (unpaired) electrons. The van der Waals surface area contributed by atoms with Gasteiger partial charge in [0.1, 0.15) is 11.4 Å². The van der Waals surface area contributed by atoms with E-state index in [0.717, 1.165) is 16.8 Å². The highest BCUT2D eigenvalue weighted by molar-refractivity contribution is 5.34. The normalized spacial score (nSPS) is 11.2. The summed E-state index contributed by atoms with van der Waals surface area (Å²) in [5.41, 5.74) is 0.0781. The van der Waals surface area contributed by atoms with Gasteiger partial charge in [-0.05, 0) is 26.0 Å². The van der Waals surface area contributed by atoms with Crippen molar-refractivity contribution >= 4 is 0 Å². The predicted octanol–water partition coefficient (Wildman–Crippen LogP) is 2.62. The molecule has 1 aromatic heterocycles. The van der Waals surface area contributed by atoms with E-state index in [1.54, 1.807) is 0 Å². The third kappa shape index (κ3) is 3.00. The van der Waals surface area contributed by atoms with Crippen LogP contribution in [-0.2, 0) is 9.47 Å². The van der Waals surface area contributed by atoms with Crippen LogP contribution >= 0.6 is 0 Å². The van der Waals surface area contributed by atoms with Crippen LogP contribution < -0.4 is 0 Å². The molecule has 0 aliphatic heterocycles. The van der Waals surface area contributed by atoms with E-state index >= 15 is 0 Å². The van der Waals surface area contributed by atoms with E-state index in [4.69, 9.17) is 9.47 Å². The number of rotatable bonds is 6. The standard InChI is InChI=1S/C13H15F2N3O2/c1-3-19-13(20-4-2)11-8-18(17-16-11)12-9(14)6-5-7-10(12)15/h5-8,13H,3-4H2,1-2H3. The van der Waals surface area contributed by atoms with Gasteiger partial charge in [0, 0.05) is 13.2 Å². The Balaban J connectivity index is 2.32. The lowest BCUT2D eigenvalue weighted by atomic mass is 10.3. The van der Waals surface area contributed by atoms with Crippen LogP contribution in [0.3, 0.4) is 0 Å². The fourth-order valence-corrected chi connectivity index (χ4v) is 1.72. The van der Waals surface area contributed by atoms with Crippen LogP contribution in [0, 0.1) is 11.6 Å². The Kier molecular flexibility index (Phi) is 4.75. The zero-order valence-electron chi connectivity index (χ0n) is 11.2. The van der Waals surface area contributed by atoms with Crippen LogP contribution in [0.4, 0.5) is 8.78 Å². The van der Waals surface area contributed by atoms with Crippen molar-refractivity contribution in [3.8, 4) is 5.69 Å². The summed E-state index contributed by atoms with van der Waals surface area (Å²) in [4.78, 5) is 0. The summed E-state index contributed by atoms with van der Waals surface area (Å²) in [5, 5.41) is 7.56. The van der Waals surface area contributed by atoms with E-state index < -0.39 is 17.9 Å². The molecule has 0 N–H and O–H groups in total. The Morgan fingerprint density at radius 1 is 1.15 bits per heavy atom. The maximum absolute atomic E-state index is 13.7. The first-order chi connectivity index (χ1) is 9.67. The van der Waals surface area contributed by atoms with Crippen molar-refractivity contribution in [2.24, 2.45) is 0 Å². The molecule has 0 saturated heterocycles. The van der Waals surface area contributed by atoms with Gasteiger partial charge in [-0.25, -0.2) is 13.5 Å². The first kappa shape index (κ1) is 14.5. The summed E-state index contributed by atoms with van der Waals surface area (Å²) in [7, 11) is 0. The Morgan fingerprint density at radius 3 is 2.30 bits per heavy atom. The minimum atomic E-state index is -0.717. The molecular weight excluding hydrogens is 268 g/mol. The predicted molar refractivity (Wildman–Crippen MR) is 67.3 cm³/mol. The number of benzene rings is 1. The Morgan fingerprint density at radius 2 is 1.75 bits per heavy atom. The maximum atomic E-state index is 13.7. The number of hydrogen-bond donors (Lipinski definition) is 0. The molecule has 1 aromatic carbocycles. The molecule has 0 atom stereocenters. The highest BCUT2D eigenvalue weighted by Gasteiger charge is 2.18. The molecule has 20 heavy (non-hydrogen) atoms. The fraction of sp³-hybridized carbons (Fsp3) is 0.385. The van der Waals surface area contributed by atoms with E-state index in [1.165, 1.54) is 12.3 Å².